The van der Waals surface area contributed by atoms with Crippen LogP contribution in [0.1, 0.15) is 20.8 Å². The number of hydrogen-bond acceptors (Lipinski definition) is 7. The molecule has 166 valence electrons. The number of ether oxygens (including phenoxy) is 2. The average Bonchev–Trinajstić information content (AvgIpc) is 2.64. The molecule has 10 heteroatoms. The van der Waals surface area contributed by atoms with Crippen molar-refractivity contribution >= 4 is 31.4 Å². The Morgan fingerprint density at radius 1 is 1.27 bits per heavy atom. The van der Waals surface area contributed by atoms with Crippen LogP contribution in [0.2, 0.25) is 23.3 Å². The number of nitrogens with one attached hydrogen (secondary N) is 1. The van der Waals surface area contributed by atoms with E-state index in [1.807, 2.05) is 0 Å². The third kappa shape index (κ3) is 6.53. The maximum Gasteiger partial charge on any atom is 0.290 e. The van der Waals surface area contributed by atoms with E-state index in [4.69, 9.17) is 25.5 Å². The van der Waals surface area contributed by atoms with Crippen LogP contribution in [0.4, 0.5) is 11.5 Å². The van der Waals surface area contributed by atoms with Crippen molar-refractivity contribution < 1.29 is 13.9 Å². The zero-order valence-corrected chi connectivity index (χ0v) is 20.4. The predicted molar refractivity (Wildman–Crippen MR) is 121 cm³/mol. The fourth-order valence-electron chi connectivity index (χ4n) is 2.42. The van der Waals surface area contributed by atoms with Crippen molar-refractivity contribution in [2.75, 3.05) is 25.6 Å². The van der Waals surface area contributed by atoms with Crippen molar-refractivity contribution in [1.29, 1.82) is 0 Å². The average molecular weight is 455 g/mol. The molecule has 0 bridgehead atoms. The van der Waals surface area contributed by atoms with Gasteiger partial charge in [-0.25, -0.2) is 9.67 Å². The molecule has 8 nitrogen and oxygen atoms in total. The highest BCUT2D eigenvalue weighted by Gasteiger charge is 2.39. The number of rotatable bonds is 9. The highest BCUT2D eigenvalue weighted by atomic mass is 35.5. The monoisotopic (exact) mass is 454 g/mol. The maximum absolute atomic E-state index is 12.1. The first-order valence-corrected chi connectivity index (χ1v) is 13.0. The molecular formula is C20H31ClN4O4Si. The van der Waals surface area contributed by atoms with Crippen LogP contribution in [0.25, 0.3) is 0 Å². The lowest BCUT2D eigenvalue weighted by molar-refractivity contribution is 0.0397. The van der Waals surface area contributed by atoms with Gasteiger partial charge in [0.25, 0.3) is 5.56 Å². The molecule has 0 fully saturated rings. The van der Waals surface area contributed by atoms with E-state index in [2.05, 4.69) is 49.3 Å². The summed E-state index contributed by atoms with van der Waals surface area (Å²) >= 11 is 5.91. The van der Waals surface area contributed by atoms with Crippen molar-refractivity contribution in [3.05, 3.63) is 39.9 Å². The Labute approximate surface area is 183 Å². The molecule has 2 aromatic heterocycles. The number of anilines is 2. The molecule has 1 atom stereocenters. The number of methoxy groups -OCH3 is 1. The minimum Gasteiger partial charge on any atom is -0.489 e. The van der Waals surface area contributed by atoms with Crippen molar-refractivity contribution in [2.45, 2.75) is 45.0 Å². The lowest BCUT2D eigenvalue weighted by Gasteiger charge is -2.39. The van der Waals surface area contributed by atoms with Crippen molar-refractivity contribution in [1.82, 2.24) is 14.8 Å². The standard InChI is InChI=1S/C20H31ClN4O4Si/c1-20(2,3)30(6,7)29-15(12-27-5)13-28-14-8-9-18(22-11-14)23-16-10-17(21)24-25(4)19(16)26/h8-11,15H,12-13H2,1-7H3,(H,22,23)/t15-/m0/s1. The number of hydrogen-bond donors (Lipinski definition) is 1. The molecule has 0 aliphatic carbocycles. The lowest BCUT2D eigenvalue weighted by atomic mass is 10.2. The first-order chi connectivity index (χ1) is 13.9. The second-order valence-corrected chi connectivity index (χ2v) is 13.7. The van der Waals surface area contributed by atoms with Gasteiger partial charge in [0, 0.05) is 20.2 Å². The predicted octanol–water partition coefficient (Wildman–Crippen LogP) is 3.99. The second kappa shape index (κ2) is 9.91. The highest BCUT2D eigenvalue weighted by molar-refractivity contribution is 6.74. The van der Waals surface area contributed by atoms with Gasteiger partial charge in [0.05, 0.1) is 12.8 Å². The van der Waals surface area contributed by atoms with E-state index in [9.17, 15) is 4.79 Å². The van der Waals surface area contributed by atoms with Gasteiger partial charge in [-0.2, -0.15) is 5.10 Å². The molecule has 0 aliphatic heterocycles. The third-order valence-corrected chi connectivity index (χ3v) is 9.81. The maximum atomic E-state index is 12.1. The normalized spacial score (nSPS) is 13.2. The number of halogens is 1. The van der Waals surface area contributed by atoms with Gasteiger partial charge in [0.2, 0.25) is 0 Å². The van der Waals surface area contributed by atoms with Crippen LogP contribution in [-0.2, 0) is 16.2 Å². The van der Waals surface area contributed by atoms with Gasteiger partial charge in [-0.15, -0.1) is 0 Å². The molecule has 2 heterocycles. The molecule has 1 N–H and O–H groups in total. The number of pyridine rings is 1. The SMILES string of the molecule is COC[C@@H](COc1ccc(Nc2cc(Cl)nn(C)c2=O)nc1)O[Si](C)(C)C(C)(C)C. The first kappa shape index (κ1) is 24.3. The van der Waals surface area contributed by atoms with E-state index in [0.29, 0.717) is 30.5 Å². The minimum atomic E-state index is -1.94. The van der Waals surface area contributed by atoms with E-state index >= 15 is 0 Å². The summed E-state index contributed by atoms with van der Waals surface area (Å²) in [6, 6.07) is 4.96. The fourth-order valence-corrected chi connectivity index (χ4v) is 3.97. The molecule has 0 saturated carbocycles. The second-order valence-electron chi connectivity index (χ2n) is 8.58. The Hall–Kier alpha value is -1.94. The molecule has 0 spiro atoms. The Morgan fingerprint density at radius 2 is 1.97 bits per heavy atom. The van der Waals surface area contributed by atoms with Crippen LogP contribution >= 0.6 is 11.6 Å². The van der Waals surface area contributed by atoms with Gasteiger partial charge in [-0.1, -0.05) is 32.4 Å². The summed E-state index contributed by atoms with van der Waals surface area (Å²) in [4.78, 5) is 16.4. The summed E-state index contributed by atoms with van der Waals surface area (Å²) in [6.07, 6.45) is 1.42. The molecule has 30 heavy (non-hydrogen) atoms. The van der Waals surface area contributed by atoms with E-state index in [1.54, 1.807) is 25.4 Å². The zero-order chi connectivity index (χ0) is 22.5. The molecule has 0 amide bonds. The Balaban J connectivity index is 2.02. The number of nitrogens with zero attached hydrogens (tertiary/aromatic N) is 3. The van der Waals surface area contributed by atoms with Gasteiger partial charge in [0.1, 0.15) is 30.0 Å². The van der Waals surface area contributed by atoms with Gasteiger partial charge in [0.15, 0.2) is 13.5 Å². The Kier molecular flexibility index (Phi) is 8.04. The van der Waals surface area contributed by atoms with Gasteiger partial charge in [-0.05, 0) is 30.3 Å². The summed E-state index contributed by atoms with van der Waals surface area (Å²) in [5.74, 6) is 1.09. The van der Waals surface area contributed by atoms with Crippen LogP contribution in [0.15, 0.2) is 29.2 Å². The third-order valence-electron chi connectivity index (χ3n) is 5.09. The zero-order valence-electron chi connectivity index (χ0n) is 18.7. The van der Waals surface area contributed by atoms with Crippen LogP contribution in [0.5, 0.6) is 5.75 Å². The Bertz CT molecular complexity index is 897. The summed E-state index contributed by atoms with van der Waals surface area (Å²) in [7, 11) is 1.24. The first-order valence-electron chi connectivity index (χ1n) is 9.69. The highest BCUT2D eigenvalue weighted by Crippen LogP contribution is 2.37. The smallest absolute Gasteiger partial charge is 0.290 e. The quantitative estimate of drug-likeness (QED) is 0.573. The molecule has 0 unspecified atom stereocenters. The van der Waals surface area contributed by atoms with Gasteiger partial charge < -0.3 is 19.2 Å². The van der Waals surface area contributed by atoms with E-state index < -0.39 is 8.32 Å². The minimum absolute atomic E-state index is 0.0980. The van der Waals surface area contributed by atoms with Crippen LogP contribution in [0, 0.1) is 0 Å². The molecule has 2 rings (SSSR count). The van der Waals surface area contributed by atoms with Crippen molar-refractivity contribution in [3.8, 4) is 5.75 Å². The number of aromatic nitrogens is 3. The number of aryl methyl sites for hydroxylation is 1. The van der Waals surface area contributed by atoms with E-state index in [0.717, 1.165) is 0 Å². The molecular weight excluding hydrogens is 424 g/mol. The summed E-state index contributed by atoms with van der Waals surface area (Å²) in [6.45, 7) is 11.8. The molecule has 2 aromatic rings. The van der Waals surface area contributed by atoms with Crippen LogP contribution in [0.3, 0.4) is 0 Å². The molecule has 0 aliphatic rings. The van der Waals surface area contributed by atoms with Crippen molar-refractivity contribution in [2.24, 2.45) is 7.05 Å². The van der Waals surface area contributed by atoms with Gasteiger partial charge >= 0.3 is 0 Å². The topological polar surface area (TPSA) is 87.5 Å². The Morgan fingerprint density at radius 3 is 2.53 bits per heavy atom. The van der Waals surface area contributed by atoms with Crippen LogP contribution in [-0.4, -0.2) is 49.5 Å². The molecule has 0 aromatic carbocycles. The molecule has 0 radical (unpaired) electrons. The largest absolute Gasteiger partial charge is 0.489 e. The lowest BCUT2D eigenvalue weighted by Crippen LogP contribution is -2.46. The van der Waals surface area contributed by atoms with Crippen LogP contribution < -0.4 is 15.6 Å². The van der Waals surface area contributed by atoms with E-state index in [-0.39, 0.29) is 21.9 Å². The van der Waals surface area contributed by atoms with E-state index in [1.165, 1.54) is 17.8 Å². The summed E-state index contributed by atoms with van der Waals surface area (Å²) < 4.78 is 18.8. The summed E-state index contributed by atoms with van der Waals surface area (Å²) in [5, 5.41) is 7.12. The fraction of sp³-hybridized carbons (Fsp3) is 0.550. The summed E-state index contributed by atoms with van der Waals surface area (Å²) in [5.41, 5.74) is -0.00619. The van der Waals surface area contributed by atoms with Crippen molar-refractivity contribution in [3.63, 3.8) is 0 Å². The van der Waals surface area contributed by atoms with Gasteiger partial charge in [-0.3, -0.25) is 4.79 Å². The molecule has 0 saturated heterocycles.